The van der Waals surface area contributed by atoms with Crippen LogP contribution in [0.15, 0.2) is 54.6 Å². The van der Waals surface area contributed by atoms with E-state index < -0.39 is 29.7 Å². The number of hydrogen-bond donors (Lipinski definition) is 7. The number of hydrogen-bond acceptors (Lipinski definition) is 11. The Morgan fingerprint density at radius 3 is 2.65 bits per heavy atom. The van der Waals surface area contributed by atoms with Crippen LogP contribution >= 0.6 is 0 Å². The number of rotatable bonds is 11. The van der Waals surface area contributed by atoms with Crippen molar-refractivity contribution in [3.05, 3.63) is 82.7 Å². The number of anilines is 3. The minimum atomic E-state index is -1.09. The number of H-pyrrole nitrogens is 1. The Balaban J connectivity index is 0.915. The number of imide groups is 2. The first-order chi connectivity index (χ1) is 25.1. The van der Waals surface area contributed by atoms with Gasteiger partial charge in [0.15, 0.2) is 0 Å². The first-order valence-corrected chi connectivity index (χ1v) is 16.9. The summed E-state index contributed by atoms with van der Waals surface area (Å²) in [7, 11) is 1.76. The van der Waals surface area contributed by atoms with Gasteiger partial charge in [-0.15, -0.1) is 0 Å². The van der Waals surface area contributed by atoms with Gasteiger partial charge in [0, 0.05) is 55.2 Å². The highest BCUT2D eigenvalue weighted by Crippen LogP contribution is 2.32. The van der Waals surface area contributed by atoms with E-state index in [-0.39, 0.29) is 53.8 Å². The van der Waals surface area contributed by atoms with Crippen LogP contribution in [-0.2, 0) is 20.9 Å². The van der Waals surface area contributed by atoms with Crippen LogP contribution in [0.4, 0.5) is 17.1 Å². The van der Waals surface area contributed by atoms with Gasteiger partial charge in [0.25, 0.3) is 17.7 Å². The van der Waals surface area contributed by atoms with Crippen molar-refractivity contribution in [3.8, 4) is 0 Å². The second-order valence-electron chi connectivity index (χ2n) is 13.0. The molecular formula is C36H36N10O6. The molecule has 2 atom stereocenters. The van der Waals surface area contributed by atoms with Gasteiger partial charge in [0.2, 0.25) is 17.7 Å². The predicted molar refractivity (Wildman–Crippen MR) is 191 cm³/mol. The van der Waals surface area contributed by atoms with Crippen LogP contribution in [0, 0.1) is 11.3 Å². The SMILES string of the molecule is CNc1ccc(C(=O)Nc2ccc3[nH]c(CN4CCC(CC(=O)NNc5cccc6c5C(=O)N(C5CCC(=O)NC5=O)C6=O)C4)nc3c2)cc1C=N. The van der Waals surface area contributed by atoms with E-state index in [0.29, 0.717) is 35.4 Å². The zero-order chi connectivity index (χ0) is 36.5. The summed E-state index contributed by atoms with van der Waals surface area (Å²) in [4.78, 5) is 87.4. The fourth-order valence-electron chi connectivity index (χ4n) is 6.97. The molecule has 0 radical (unpaired) electrons. The van der Waals surface area contributed by atoms with E-state index in [1.54, 1.807) is 49.5 Å². The standard InChI is InChI=1S/C36H36N10O6/c1-38-24-7-5-20(14-21(24)16-37)33(49)39-22-6-8-25-27(15-22)41-29(40-25)18-45-12-11-19(17-45)13-31(48)44-43-26-4-2-3-23-32(26)36(52)46(35(23)51)28-9-10-30(47)42-34(28)50/h2-8,14-16,19,28,37-38,43H,9-13,17-18H2,1H3,(H,39,49)(H,40,41)(H,44,48)(H,42,47,50). The number of piperidine rings is 1. The number of amides is 6. The molecule has 3 aliphatic rings. The summed E-state index contributed by atoms with van der Waals surface area (Å²) in [5.41, 5.74) is 9.76. The maximum Gasteiger partial charge on any atom is 0.264 e. The lowest BCUT2D eigenvalue weighted by Crippen LogP contribution is -2.54. The van der Waals surface area contributed by atoms with Crippen molar-refractivity contribution in [2.75, 3.05) is 36.2 Å². The molecule has 7 N–H and O–H groups in total. The number of imidazole rings is 1. The van der Waals surface area contributed by atoms with E-state index in [9.17, 15) is 28.8 Å². The molecule has 52 heavy (non-hydrogen) atoms. The minimum absolute atomic E-state index is 0.0204. The van der Waals surface area contributed by atoms with Gasteiger partial charge in [-0.25, -0.2) is 4.98 Å². The molecule has 2 unspecified atom stereocenters. The average Bonchev–Trinajstić information content (AvgIpc) is 3.82. The monoisotopic (exact) mass is 704 g/mol. The Hall–Kier alpha value is -6.42. The molecule has 0 saturated carbocycles. The van der Waals surface area contributed by atoms with Crippen LogP contribution in [0.1, 0.15) is 68.1 Å². The van der Waals surface area contributed by atoms with Gasteiger partial charge >= 0.3 is 0 Å². The van der Waals surface area contributed by atoms with Crippen molar-refractivity contribution in [1.82, 2.24) is 30.5 Å². The molecule has 3 aliphatic heterocycles. The summed E-state index contributed by atoms with van der Waals surface area (Å²) >= 11 is 0. The summed E-state index contributed by atoms with van der Waals surface area (Å²) in [5.74, 6) is -2.18. The van der Waals surface area contributed by atoms with Gasteiger partial charge in [0.1, 0.15) is 11.9 Å². The molecule has 16 heteroatoms. The smallest absolute Gasteiger partial charge is 0.264 e. The predicted octanol–water partition coefficient (Wildman–Crippen LogP) is 2.61. The van der Waals surface area contributed by atoms with E-state index in [1.165, 1.54) is 12.3 Å². The molecule has 6 amide bonds. The summed E-state index contributed by atoms with van der Waals surface area (Å²) in [6, 6.07) is 14.1. The van der Waals surface area contributed by atoms with Gasteiger partial charge < -0.3 is 21.0 Å². The van der Waals surface area contributed by atoms with E-state index >= 15 is 0 Å². The molecular weight excluding hydrogens is 668 g/mol. The lowest BCUT2D eigenvalue weighted by molar-refractivity contribution is -0.136. The van der Waals surface area contributed by atoms with Gasteiger partial charge in [-0.2, -0.15) is 0 Å². The van der Waals surface area contributed by atoms with Gasteiger partial charge in [-0.3, -0.25) is 54.7 Å². The van der Waals surface area contributed by atoms with Crippen LogP contribution in [0.3, 0.4) is 0 Å². The highest BCUT2D eigenvalue weighted by Gasteiger charge is 2.45. The van der Waals surface area contributed by atoms with E-state index in [4.69, 9.17) is 10.4 Å². The van der Waals surface area contributed by atoms with Gasteiger partial charge in [-0.1, -0.05) is 6.07 Å². The molecule has 0 bridgehead atoms. The third-order valence-electron chi connectivity index (χ3n) is 9.55. The van der Waals surface area contributed by atoms with Crippen LogP contribution < -0.4 is 26.8 Å². The number of likely N-dealkylation sites (tertiary alicyclic amines) is 1. The van der Waals surface area contributed by atoms with Crippen molar-refractivity contribution in [1.29, 1.82) is 5.41 Å². The van der Waals surface area contributed by atoms with Crippen molar-refractivity contribution in [2.45, 2.75) is 38.3 Å². The van der Waals surface area contributed by atoms with Gasteiger partial charge in [0.05, 0.1) is 34.4 Å². The first-order valence-electron chi connectivity index (χ1n) is 16.9. The average molecular weight is 705 g/mol. The molecule has 4 aromatic rings. The molecule has 266 valence electrons. The minimum Gasteiger partial charge on any atom is -0.388 e. The number of benzene rings is 3. The Kier molecular flexibility index (Phi) is 9.21. The molecule has 0 spiro atoms. The number of carbonyl (C=O) groups is 6. The number of nitrogens with zero attached hydrogens (tertiary/aromatic N) is 3. The maximum absolute atomic E-state index is 13.3. The zero-order valence-corrected chi connectivity index (χ0v) is 28.2. The summed E-state index contributed by atoms with van der Waals surface area (Å²) in [6.07, 6.45) is 2.30. The Morgan fingerprint density at radius 2 is 1.87 bits per heavy atom. The number of carbonyl (C=O) groups excluding carboxylic acids is 6. The van der Waals surface area contributed by atoms with Crippen molar-refractivity contribution >= 4 is 69.8 Å². The largest absolute Gasteiger partial charge is 0.388 e. The molecule has 1 aromatic heterocycles. The first kappa shape index (κ1) is 34.0. The highest BCUT2D eigenvalue weighted by atomic mass is 16.2. The normalized spacial score (nSPS) is 18.7. The Labute approximate surface area is 297 Å². The molecule has 7 rings (SSSR count). The van der Waals surface area contributed by atoms with Crippen LogP contribution in [0.25, 0.3) is 11.0 Å². The Morgan fingerprint density at radius 1 is 1.02 bits per heavy atom. The summed E-state index contributed by atoms with van der Waals surface area (Å²) in [6.45, 7) is 1.99. The lowest BCUT2D eigenvalue weighted by Gasteiger charge is -2.27. The van der Waals surface area contributed by atoms with E-state index in [0.717, 1.165) is 34.9 Å². The lowest BCUT2D eigenvalue weighted by atomic mass is 10.0. The van der Waals surface area contributed by atoms with Gasteiger partial charge in [-0.05, 0) is 73.8 Å². The topological polar surface area (TPSA) is 222 Å². The fourth-order valence-corrected chi connectivity index (χ4v) is 6.97. The summed E-state index contributed by atoms with van der Waals surface area (Å²) < 4.78 is 0. The quantitative estimate of drug-likeness (QED) is 0.0687. The second-order valence-corrected chi connectivity index (χ2v) is 13.0. The molecule has 16 nitrogen and oxygen atoms in total. The maximum atomic E-state index is 13.3. The van der Waals surface area contributed by atoms with Crippen molar-refractivity contribution in [3.63, 3.8) is 0 Å². The molecule has 2 saturated heterocycles. The van der Waals surface area contributed by atoms with E-state index in [1.807, 2.05) is 6.07 Å². The third kappa shape index (κ3) is 6.70. The number of nitrogens with one attached hydrogen (secondary N) is 7. The van der Waals surface area contributed by atoms with Crippen LogP contribution in [0.5, 0.6) is 0 Å². The number of aromatic nitrogens is 2. The molecule has 2 fully saturated rings. The number of hydrazine groups is 1. The number of fused-ring (bicyclic) bond motifs is 2. The van der Waals surface area contributed by atoms with Crippen molar-refractivity contribution < 1.29 is 28.8 Å². The summed E-state index contributed by atoms with van der Waals surface area (Å²) in [5, 5.41) is 15.7. The van der Waals surface area contributed by atoms with Crippen LogP contribution in [-0.4, -0.2) is 87.6 Å². The molecule has 3 aromatic carbocycles. The number of aromatic amines is 1. The Bertz CT molecular complexity index is 2160. The second kappa shape index (κ2) is 14.1. The molecule has 0 aliphatic carbocycles. The zero-order valence-electron chi connectivity index (χ0n) is 28.2. The molecule has 4 heterocycles. The fraction of sp³-hybridized carbons (Fsp3) is 0.278. The third-order valence-corrected chi connectivity index (χ3v) is 9.55. The van der Waals surface area contributed by atoms with Crippen LogP contribution in [0.2, 0.25) is 0 Å². The van der Waals surface area contributed by atoms with Crippen molar-refractivity contribution in [2.24, 2.45) is 5.92 Å². The highest BCUT2D eigenvalue weighted by molar-refractivity contribution is 6.25. The van der Waals surface area contributed by atoms with E-state index in [2.05, 4.69) is 36.7 Å².